The molecule has 1 aliphatic heterocycles. The number of nitrogens with zero attached hydrogens (tertiary/aromatic N) is 3. The van der Waals surface area contributed by atoms with E-state index in [1.807, 2.05) is 6.92 Å². The number of amides is 1. The molecule has 3 heterocycles. The molecule has 8 heteroatoms. The first kappa shape index (κ1) is 12.8. The number of carbonyl (C=O) groups is 1. The van der Waals surface area contributed by atoms with E-state index in [4.69, 9.17) is 0 Å². The van der Waals surface area contributed by atoms with Crippen LogP contribution in [-0.2, 0) is 4.79 Å². The molecule has 0 saturated carbocycles. The van der Waals surface area contributed by atoms with Crippen molar-refractivity contribution in [3.8, 4) is 0 Å². The molecule has 7 nitrogen and oxygen atoms in total. The van der Waals surface area contributed by atoms with Crippen LogP contribution in [0.1, 0.15) is 17.6 Å². The Morgan fingerprint density at radius 2 is 2.15 bits per heavy atom. The molecule has 0 radical (unpaired) electrons. The van der Waals surface area contributed by atoms with Crippen molar-refractivity contribution in [2.45, 2.75) is 26.8 Å². The van der Waals surface area contributed by atoms with E-state index in [-0.39, 0.29) is 11.9 Å². The molecule has 1 aliphatic rings. The molecule has 0 aliphatic carbocycles. The number of hydrogen-bond donors (Lipinski definition) is 3. The van der Waals surface area contributed by atoms with Gasteiger partial charge in [-0.3, -0.25) is 4.79 Å². The summed E-state index contributed by atoms with van der Waals surface area (Å²) in [5, 5.41) is 9.74. The summed E-state index contributed by atoms with van der Waals surface area (Å²) < 4.78 is 0. The summed E-state index contributed by atoms with van der Waals surface area (Å²) >= 11 is 1.52. The number of rotatable bonds is 2. The minimum Gasteiger partial charge on any atom is -0.357 e. The average molecular weight is 290 g/mol. The van der Waals surface area contributed by atoms with Crippen molar-refractivity contribution in [1.82, 2.24) is 15.0 Å². The molecular formula is C12H14N6OS. The van der Waals surface area contributed by atoms with Crippen LogP contribution >= 0.6 is 11.3 Å². The molecule has 2 aromatic rings. The largest absolute Gasteiger partial charge is 0.357 e. The minimum absolute atomic E-state index is 0.108. The second kappa shape index (κ2) is 4.71. The van der Waals surface area contributed by atoms with Gasteiger partial charge >= 0.3 is 0 Å². The fourth-order valence-corrected chi connectivity index (χ4v) is 2.57. The van der Waals surface area contributed by atoms with Gasteiger partial charge in [-0.05, 0) is 20.8 Å². The lowest BCUT2D eigenvalue weighted by Crippen LogP contribution is -2.37. The third kappa shape index (κ3) is 2.29. The molecular weight excluding hydrogens is 276 g/mol. The summed E-state index contributed by atoms with van der Waals surface area (Å²) in [6, 6.07) is -0.313. The molecule has 20 heavy (non-hydrogen) atoms. The summed E-state index contributed by atoms with van der Waals surface area (Å²) in [6.45, 7) is 5.57. The number of fused-ring (bicyclic) bond motifs is 1. The third-order valence-electron chi connectivity index (χ3n) is 2.86. The van der Waals surface area contributed by atoms with Crippen molar-refractivity contribution in [3.05, 3.63) is 16.9 Å². The quantitative estimate of drug-likeness (QED) is 0.784. The molecule has 1 amide bonds. The fourth-order valence-electron chi connectivity index (χ4n) is 1.90. The lowest BCUT2D eigenvalue weighted by Gasteiger charge is -2.24. The highest BCUT2D eigenvalue weighted by molar-refractivity contribution is 7.15. The van der Waals surface area contributed by atoms with Gasteiger partial charge in [-0.1, -0.05) is 0 Å². The first-order valence-corrected chi connectivity index (χ1v) is 7.00. The summed E-state index contributed by atoms with van der Waals surface area (Å²) in [5.74, 6) is 1.69. The van der Waals surface area contributed by atoms with E-state index in [9.17, 15) is 4.79 Å². The van der Waals surface area contributed by atoms with Gasteiger partial charge in [-0.2, -0.15) is 0 Å². The Morgan fingerprint density at radius 1 is 1.35 bits per heavy atom. The molecule has 3 N–H and O–H groups in total. The van der Waals surface area contributed by atoms with Crippen molar-refractivity contribution in [1.29, 1.82) is 0 Å². The van der Waals surface area contributed by atoms with Crippen molar-refractivity contribution < 1.29 is 4.79 Å². The molecule has 1 unspecified atom stereocenters. The van der Waals surface area contributed by atoms with Gasteiger partial charge in [0.25, 0.3) is 0 Å². The summed E-state index contributed by atoms with van der Waals surface area (Å²) in [4.78, 5) is 25.8. The van der Waals surface area contributed by atoms with Gasteiger partial charge in [0.15, 0.2) is 16.8 Å². The highest BCUT2D eigenvalue weighted by atomic mass is 32.1. The van der Waals surface area contributed by atoms with Crippen LogP contribution in [0.25, 0.3) is 0 Å². The standard InChI is InChI=1S/C12H14N6OS/c1-5-4-13-12(20-5)18-10-8-9(15-7(3)16-10)14-6(2)11(19)17-8/h4,6H,1-3H3,(H,17,19)(H2,13,14,15,16,18). The monoisotopic (exact) mass is 290 g/mol. The molecule has 0 bridgehead atoms. The first-order chi connectivity index (χ1) is 9.52. The zero-order chi connectivity index (χ0) is 14.3. The maximum absolute atomic E-state index is 11.8. The number of carbonyl (C=O) groups excluding carboxylic acids is 1. The number of nitrogens with one attached hydrogen (secondary N) is 3. The van der Waals surface area contributed by atoms with Crippen molar-refractivity contribution >= 4 is 39.7 Å². The molecule has 0 aromatic carbocycles. The van der Waals surface area contributed by atoms with Crippen LogP contribution in [-0.4, -0.2) is 26.9 Å². The fraction of sp³-hybridized carbons (Fsp3) is 0.333. The molecule has 2 aromatic heterocycles. The van der Waals surface area contributed by atoms with Gasteiger partial charge in [0.2, 0.25) is 5.91 Å². The Kier molecular flexibility index (Phi) is 3.01. The first-order valence-electron chi connectivity index (χ1n) is 6.18. The van der Waals surface area contributed by atoms with E-state index >= 15 is 0 Å². The van der Waals surface area contributed by atoms with Gasteiger partial charge in [-0.15, -0.1) is 11.3 Å². The van der Waals surface area contributed by atoms with Gasteiger partial charge in [-0.25, -0.2) is 15.0 Å². The molecule has 3 rings (SSSR count). The van der Waals surface area contributed by atoms with Crippen LogP contribution < -0.4 is 16.0 Å². The van der Waals surface area contributed by atoms with Crippen LogP contribution in [0.4, 0.5) is 22.5 Å². The molecule has 0 fully saturated rings. The molecule has 1 atom stereocenters. The summed E-state index contributed by atoms with van der Waals surface area (Å²) in [5.41, 5.74) is 0.562. The van der Waals surface area contributed by atoms with E-state index < -0.39 is 0 Å². The van der Waals surface area contributed by atoms with Gasteiger partial charge in [0.05, 0.1) is 0 Å². The van der Waals surface area contributed by atoms with Gasteiger partial charge in [0, 0.05) is 11.1 Å². The number of anilines is 4. The van der Waals surface area contributed by atoms with Crippen molar-refractivity contribution in [2.24, 2.45) is 0 Å². The van der Waals surface area contributed by atoms with E-state index in [1.165, 1.54) is 11.3 Å². The second-order valence-corrected chi connectivity index (χ2v) is 5.83. The second-order valence-electron chi connectivity index (χ2n) is 4.60. The Labute approximate surface area is 119 Å². The van der Waals surface area contributed by atoms with Gasteiger partial charge < -0.3 is 16.0 Å². The minimum atomic E-state index is -0.313. The SMILES string of the molecule is Cc1nc(Nc2ncc(C)s2)c2c(n1)NC(C)C(=O)N2. The van der Waals surface area contributed by atoms with Crippen LogP contribution in [0.3, 0.4) is 0 Å². The number of hydrogen-bond acceptors (Lipinski definition) is 7. The lowest BCUT2D eigenvalue weighted by molar-refractivity contribution is -0.116. The Bertz CT molecular complexity index is 683. The van der Waals surface area contributed by atoms with E-state index in [1.54, 1.807) is 20.0 Å². The smallest absolute Gasteiger partial charge is 0.246 e. The van der Waals surface area contributed by atoms with Crippen LogP contribution in [0, 0.1) is 13.8 Å². The Morgan fingerprint density at radius 3 is 2.85 bits per heavy atom. The number of thiazole rings is 1. The average Bonchev–Trinajstić information content (AvgIpc) is 2.77. The van der Waals surface area contributed by atoms with Crippen molar-refractivity contribution in [3.63, 3.8) is 0 Å². The van der Waals surface area contributed by atoms with Crippen molar-refractivity contribution in [2.75, 3.05) is 16.0 Å². The molecule has 0 spiro atoms. The third-order valence-corrected chi connectivity index (χ3v) is 3.69. The van der Waals surface area contributed by atoms with E-state index in [0.717, 1.165) is 10.0 Å². The number of aryl methyl sites for hydroxylation is 2. The Hall–Kier alpha value is -2.22. The zero-order valence-corrected chi connectivity index (χ0v) is 12.1. The van der Waals surface area contributed by atoms with Crippen LogP contribution in [0.5, 0.6) is 0 Å². The predicted octanol–water partition coefficient (Wildman–Crippen LogP) is 2.05. The lowest BCUT2D eigenvalue weighted by atomic mass is 10.2. The molecule has 0 saturated heterocycles. The Balaban J connectivity index is 2.00. The zero-order valence-electron chi connectivity index (χ0n) is 11.3. The highest BCUT2D eigenvalue weighted by Gasteiger charge is 2.26. The summed E-state index contributed by atoms with van der Waals surface area (Å²) in [7, 11) is 0. The van der Waals surface area contributed by atoms with Crippen LogP contribution in [0.15, 0.2) is 6.20 Å². The highest BCUT2D eigenvalue weighted by Crippen LogP contribution is 2.33. The van der Waals surface area contributed by atoms with E-state index in [0.29, 0.717) is 23.1 Å². The normalized spacial score (nSPS) is 17.1. The topological polar surface area (TPSA) is 91.8 Å². The van der Waals surface area contributed by atoms with Gasteiger partial charge in [0.1, 0.15) is 17.6 Å². The molecule has 104 valence electrons. The maximum atomic E-state index is 11.8. The predicted molar refractivity (Wildman–Crippen MR) is 78.6 cm³/mol. The maximum Gasteiger partial charge on any atom is 0.246 e. The van der Waals surface area contributed by atoms with E-state index in [2.05, 4.69) is 30.9 Å². The van der Waals surface area contributed by atoms with Crippen LogP contribution in [0.2, 0.25) is 0 Å². The number of aromatic nitrogens is 3. The summed E-state index contributed by atoms with van der Waals surface area (Å²) in [6.07, 6.45) is 1.78.